The van der Waals surface area contributed by atoms with Crippen LogP contribution in [-0.2, 0) is 16.4 Å². The highest BCUT2D eigenvalue weighted by atomic mass is 32.2. The van der Waals surface area contributed by atoms with Crippen LogP contribution in [0.1, 0.15) is 0 Å². The van der Waals surface area contributed by atoms with Crippen LogP contribution >= 0.6 is 12.2 Å². The largest absolute Gasteiger partial charge is 0.493 e. The molecule has 0 bridgehead atoms. The minimum absolute atomic E-state index is 0.0304. The lowest BCUT2D eigenvalue weighted by atomic mass is 10.2. The van der Waals surface area contributed by atoms with Crippen molar-refractivity contribution in [2.75, 3.05) is 26.2 Å². The zero-order chi connectivity index (χ0) is 14.9. The van der Waals surface area contributed by atoms with Gasteiger partial charge >= 0.3 is 0 Å². The van der Waals surface area contributed by atoms with Crippen molar-refractivity contribution >= 4 is 33.1 Å². The second-order valence-electron chi connectivity index (χ2n) is 4.44. The molecule has 0 radical (unpaired) electrons. The quantitative estimate of drug-likeness (QED) is 0.851. The molecule has 0 atom stereocenters. The predicted octanol–water partition coefficient (Wildman–Crippen LogP) is 1.76. The lowest BCUT2D eigenvalue weighted by molar-refractivity contribution is 0.355. The van der Waals surface area contributed by atoms with Gasteiger partial charge < -0.3 is 19.0 Å². The topological polar surface area (TPSA) is 73.3 Å². The van der Waals surface area contributed by atoms with Gasteiger partial charge in [-0.2, -0.15) is 0 Å². The van der Waals surface area contributed by atoms with E-state index in [0.717, 1.165) is 11.0 Å². The van der Waals surface area contributed by atoms with Crippen molar-refractivity contribution in [2.45, 2.75) is 6.54 Å². The monoisotopic (exact) mass is 316 g/mol. The van der Waals surface area contributed by atoms with E-state index in [1.54, 1.807) is 30.9 Å². The number of rotatable bonds is 5. The van der Waals surface area contributed by atoms with Crippen LogP contribution in [0, 0.1) is 4.77 Å². The molecule has 110 valence electrons. The summed E-state index contributed by atoms with van der Waals surface area (Å²) in [5, 5.41) is 0. The molecule has 0 spiro atoms. The smallest absolute Gasteiger partial charge is 0.178 e. The number of aromatic amines is 1. The molecule has 1 N–H and O–H groups in total. The van der Waals surface area contributed by atoms with E-state index in [9.17, 15) is 8.42 Å². The van der Waals surface area contributed by atoms with Gasteiger partial charge in [0.05, 0.1) is 31.0 Å². The molecule has 0 unspecified atom stereocenters. The van der Waals surface area contributed by atoms with E-state index in [-0.39, 0.29) is 5.75 Å². The molecule has 1 aromatic heterocycles. The van der Waals surface area contributed by atoms with Crippen LogP contribution in [0.4, 0.5) is 0 Å². The fourth-order valence-electron chi connectivity index (χ4n) is 1.96. The van der Waals surface area contributed by atoms with Crippen molar-refractivity contribution in [3.8, 4) is 11.5 Å². The summed E-state index contributed by atoms with van der Waals surface area (Å²) < 4.78 is 35.3. The van der Waals surface area contributed by atoms with E-state index in [4.69, 9.17) is 21.7 Å². The Morgan fingerprint density at radius 3 is 2.40 bits per heavy atom. The molecule has 0 aliphatic carbocycles. The van der Waals surface area contributed by atoms with Gasteiger partial charge in [-0.25, -0.2) is 8.42 Å². The normalized spacial score (nSPS) is 11.8. The van der Waals surface area contributed by atoms with Gasteiger partial charge in [-0.1, -0.05) is 0 Å². The number of ether oxygens (including phenoxy) is 2. The van der Waals surface area contributed by atoms with Crippen LogP contribution in [0.5, 0.6) is 11.5 Å². The maximum absolute atomic E-state index is 11.3. The lowest BCUT2D eigenvalue weighted by Gasteiger charge is -2.09. The average Bonchev–Trinajstić information content (AvgIpc) is 2.68. The van der Waals surface area contributed by atoms with Gasteiger partial charge in [-0.15, -0.1) is 0 Å². The molecule has 0 saturated carbocycles. The summed E-state index contributed by atoms with van der Waals surface area (Å²) in [6, 6.07) is 3.56. The molecule has 6 nitrogen and oxygen atoms in total. The number of fused-ring (bicyclic) bond motifs is 1. The van der Waals surface area contributed by atoms with Gasteiger partial charge in [0, 0.05) is 24.9 Å². The fourth-order valence-corrected chi connectivity index (χ4v) is 2.78. The molecule has 1 heterocycles. The molecular weight excluding hydrogens is 300 g/mol. The summed E-state index contributed by atoms with van der Waals surface area (Å²) in [4.78, 5) is 3.04. The minimum atomic E-state index is -3.05. The Kier molecular flexibility index (Phi) is 4.05. The van der Waals surface area contributed by atoms with Crippen molar-refractivity contribution in [3.63, 3.8) is 0 Å². The van der Waals surface area contributed by atoms with Crippen molar-refractivity contribution in [2.24, 2.45) is 0 Å². The summed E-state index contributed by atoms with van der Waals surface area (Å²) in [7, 11) is 0.0508. The number of nitrogens with zero attached hydrogens (tertiary/aromatic N) is 1. The molecule has 1 aromatic carbocycles. The first-order chi connectivity index (χ1) is 9.35. The number of hydrogen-bond acceptors (Lipinski definition) is 5. The zero-order valence-corrected chi connectivity index (χ0v) is 13.1. The number of benzene rings is 1. The highest BCUT2D eigenvalue weighted by Gasteiger charge is 2.12. The first-order valence-corrected chi connectivity index (χ1v) is 8.35. The molecule has 0 aliphatic rings. The molecule has 2 aromatic rings. The molecule has 20 heavy (non-hydrogen) atoms. The SMILES string of the molecule is COc1cc2[nH]c(=S)n(CCS(C)(=O)=O)c2cc1OC. The Hall–Kier alpha value is -1.54. The van der Waals surface area contributed by atoms with E-state index in [0.29, 0.717) is 22.8 Å². The maximum Gasteiger partial charge on any atom is 0.178 e. The summed E-state index contributed by atoms with van der Waals surface area (Å²) in [6.45, 7) is 0.299. The third kappa shape index (κ3) is 2.96. The average molecular weight is 316 g/mol. The Morgan fingerprint density at radius 2 is 1.85 bits per heavy atom. The summed E-state index contributed by atoms with van der Waals surface area (Å²) in [5.41, 5.74) is 1.57. The van der Waals surface area contributed by atoms with Gasteiger partial charge in [0.25, 0.3) is 0 Å². The van der Waals surface area contributed by atoms with E-state index >= 15 is 0 Å². The van der Waals surface area contributed by atoms with Crippen molar-refractivity contribution in [1.29, 1.82) is 0 Å². The Balaban J connectivity index is 2.55. The van der Waals surface area contributed by atoms with Crippen molar-refractivity contribution < 1.29 is 17.9 Å². The first kappa shape index (κ1) is 14.9. The minimum Gasteiger partial charge on any atom is -0.493 e. The Labute approximate surface area is 122 Å². The van der Waals surface area contributed by atoms with Crippen molar-refractivity contribution in [3.05, 3.63) is 16.9 Å². The fraction of sp³-hybridized carbons (Fsp3) is 0.417. The molecular formula is C12H16N2O4S2. The number of methoxy groups -OCH3 is 2. The molecule has 0 aliphatic heterocycles. The Morgan fingerprint density at radius 1 is 1.25 bits per heavy atom. The maximum atomic E-state index is 11.3. The van der Waals surface area contributed by atoms with Crippen LogP contribution in [0.25, 0.3) is 11.0 Å². The van der Waals surface area contributed by atoms with Crippen LogP contribution in [0.3, 0.4) is 0 Å². The van der Waals surface area contributed by atoms with Gasteiger partial charge in [-0.05, 0) is 12.2 Å². The third-order valence-electron chi connectivity index (χ3n) is 2.97. The van der Waals surface area contributed by atoms with Crippen LogP contribution in [-0.4, -0.2) is 44.2 Å². The molecule has 0 amide bonds. The summed E-state index contributed by atoms with van der Waals surface area (Å²) >= 11 is 5.23. The lowest BCUT2D eigenvalue weighted by Crippen LogP contribution is -2.11. The molecule has 8 heteroatoms. The number of H-pyrrole nitrogens is 1. The zero-order valence-electron chi connectivity index (χ0n) is 11.5. The van der Waals surface area contributed by atoms with Gasteiger partial charge in [0.15, 0.2) is 16.3 Å². The number of nitrogens with one attached hydrogen (secondary N) is 1. The van der Waals surface area contributed by atoms with E-state index in [2.05, 4.69) is 4.98 Å². The standard InChI is InChI=1S/C12H16N2O4S2/c1-17-10-6-8-9(7-11(10)18-2)14(12(19)13-8)4-5-20(3,15)16/h6-7H,4-5H2,1-3H3,(H,13,19). The van der Waals surface area contributed by atoms with Crippen LogP contribution in [0.15, 0.2) is 12.1 Å². The molecule has 0 saturated heterocycles. The van der Waals surface area contributed by atoms with Gasteiger partial charge in [-0.3, -0.25) is 0 Å². The predicted molar refractivity (Wildman–Crippen MR) is 79.9 cm³/mol. The Bertz CT molecular complexity index is 790. The number of imidazole rings is 1. The first-order valence-electron chi connectivity index (χ1n) is 5.88. The molecule has 2 rings (SSSR count). The second kappa shape index (κ2) is 5.45. The van der Waals surface area contributed by atoms with E-state index < -0.39 is 9.84 Å². The highest BCUT2D eigenvalue weighted by Crippen LogP contribution is 2.31. The second-order valence-corrected chi connectivity index (χ2v) is 7.08. The van der Waals surface area contributed by atoms with Crippen molar-refractivity contribution in [1.82, 2.24) is 9.55 Å². The van der Waals surface area contributed by atoms with E-state index in [1.807, 2.05) is 0 Å². The third-order valence-corrected chi connectivity index (χ3v) is 4.21. The summed E-state index contributed by atoms with van der Waals surface area (Å²) in [6.07, 6.45) is 1.20. The number of hydrogen-bond donors (Lipinski definition) is 1. The van der Waals surface area contributed by atoms with Gasteiger partial charge in [0.1, 0.15) is 9.84 Å². The number of aryl methyl sites for hydroxylation is 1. The van der Waals surface area contributed by atoms with Crippen LogP contribution in [0.2, 0.25) is 0 Å². The molecule has 0 fully saturated rings. The summed E-state index contributed by atoms with van der Waals surface area (Å²) in [5.74, 6) is 1.19. The van der Waals surface area contributed by atoms with Gasteiger partial charge in [0.2, 0.25) is 0 Å². The number of sulfone groups is 1. The van der Waals surface area contributed by atoms with Crippen LogP contribution < -0.4 is 9.47 Å². The number of aromatic nitrogens is 2. The highest BCUT2D eigenvalue weighted by molar-refractivity contribution is 7.90. The van der Waals surface area contributed by atoms with E-state index in [1.165, 1.54) is 6.26 Å².